The molecule has 11 heteroatoms. The van der Waals surface area contributed by atoms with E-state index in [0.29, 0.717) is 28.8 Å². The summed E-state index contributed by atoms with van der Waals surface area (Å²) in [7, 11) is 0. The van der Waals surface area contributed by atoms with Gasteiger partial charge in [-0.1, -0.05) is 42.5 Å². The van der Waals surface area contributed by atoms with Crippen LogP contribution in [-0.4, -0.2) is 27.8 Å². The molecule has 3 N–H and O–H groups in total. The van der Waals surface area contributed by atoms with Crippen molar-refractivity contribution in [3.8, 4) is 16.9 Å². The summed E-state index contributed by atoms with van der Waals surface area (Å²) in [6, 6.07) is 18.7. The summed E-state index contributed by atoms with van der Waals surface area (Å²) in [6.45, 7) is 0. The second-order valence-electron chi connectivity index (χ2n) is 8.48. The zero-order valence-electron chi connectivity index (χ0n) is 19.7. The number of carbonyl (C=O) groups excluding carboxylic acids is 1. The number of aromatic hydroxyl groups is 1. The van der Waals surface area contributed by atoms with E-state index in [1.165, 1.54) is 30.3 Å². The number of fused-ring (bicyclic) bond motifs is 1. The number of nitrogens with zero attached hydrogens (tertiary/aromatic N) is 2. The first kappa shape index (κ1) is 25.5. The smallest absolute Gasteiger partial charge is 0.416 e. The molecule has 1 aliphatic heterocycles. The van der Waals surface area contributed by atoms with Gasteiger partial charge in [0.05, 0.1) is 28.2 Å². The van der Waals surface area contributed by atoms with Crippen molar-refractivity contribution >= 4 is 34.7 Å². The largest absolute Gasteiger partial charge is 0.505 e. The lowest BCUT2D eigenvalue weighted by Crippen LogP contribution is -2.27. The number of carboxylic acid groups (broad SMARTS) is 1. The Morgan fingerprint density at radius 1 is 0.872 bits per heavy atom. The van der Waals surface area contributed by atoms with Gasteiger partial charge in [0.1, 0.15) is 11.6 Å². The molecule has 5 rings (SSSR count). The number of benzene rings is 4. The third-order valence-electron chi connectivity index (χ3n) is 6.07. The standard InChI is InChI=1S/C28H17F4N3O4/c29-20-14-17(28(30,31)32)11-12-23(20)35-22-10-2-1-7-19(22)24(26(35)37)34-33-21-9-4-8-18(25(21)36)15-5-3-6-16(13-15)27(38)39/h1-14,33,36H,(H,38,39)/b34-24-. The predicted molar refractivity (Wildman–Crippen MR) is 136 cm³/mol. The number of phenols is 1. The Kier molecular flexibility index (Phi) is 6.27. The van der Waals surface area contributed by atoms with Gasteiger partial charge in [-0.2, -0.15) is 18.3 Å². The van der Waals surface area contributed by atoms with Gasteiger partial charge in [0.15, 0.2) is 5.71 Å². The molecule has 4 aromatic carbocycles. The molecule has 196 valence electrons. The van der Waals surface area contributed by atoms with Crippen molar-refractivity contribution in [3.05, 3.63) is 107 Å². The molecule has 39 heavy (non-hydrogen) atoms. The van der Waals surface area contributed by atoms with Crippen LogP contribution >= 0.6 is 0 Å². The number of halogens is 4. The molecule has 0 saturated carbocycles. The van der Waals surface area contributed by atoms with Crippen LogP contribution in [0.2, 0.25) is 0 Å². The van der Waals surface area contributed by atoms with Crippen LogP contribution in [0.25, 0.3) is 11.1 Å². The monoisotopic (exact) mass is 535 g/mol. The molecule has 0 radical (unpaired) electrons. The number of hydrogen-bond donors (Lipinski definition) is 3. The van der Waals surface area contributed by atoms with Crippen LogP contribution < -0.4 is 10.3 Å². The summed E-state index contributed by atoms with van der Waals surface area (Å²) >= 11 is 0. The van der Waals surface area contributed by atoms with Gasteiger partial charge >= 0.3 is 12.1 Å². The molecule has 1 heterocycles. The van der Waals surface area contributed by atoms with E-state index in [4.69, 9.17) is 0 Å². The van der Waals surface area contributed by atoms with Gasteiger partial charge in [-0.05, 0) is 48.0 Å². The van der Waals surface area contributed by atoms with E-state index in [1.54, 1.807) is 36.4 Å². The van der Waals surface area contributed by atoms with E-state index in [2.05, 4.69) is 10.5 Å². The normalized spacial score (nSPS) is 14.0. The number of rotatable bonds is 5. The lowest BCUT2D eigenvalue weighted by molar-refractivity contribution is -0.137. The molecule has 0 fully saturated rings. The SMILES string of the molecule is O=C(O)c1cccc(-c2cccc(N/N=C3\C(=O)N(c4ccc(C(F)(F)F)cc4F)c4ccccc43)c2O)c1. The fraction of sp³-hybridized carbons (Fsp3) is 0.0357. The molecule has 0 aliphatic carbocycles. The quantitative estimate of drug-likeness (QED) is 0.156. The lowest BCUT2D eigenvalue weighted by Gasteiger charge is -2.18. The van der Waals surface area contributed by atoms with Crippen LogP contribution in [0.3, 0.4) is 0 Å². The van der Waals surface area contributed by atoms with Crippen LogP contribution in [0.5, 0.6) is 5.75 Å². The van der Waals surface area contributed by atoms with Crippen molar-refractivity contribution in [2.24, 2.45) is 5.10 Å². The number of hydrazone groups is 1. The Labute approximate surface area is 218 Å². The lowest BCUT2D eigenvalue weighted by atomic mass is 10.0. The van der Waals surface area contributed by atoms with Crippen LogP contribution in [0.15, 0.2) is 90.0 Å². The summed E-state index contributed by atoms with van der Waals surface area (Å²) in [5.74, 6) is -3.44. The van der Waals surface area contributed by atoms with Crippen LogP contribution in [0, 0.1) is 5.82 Å². The highest BCUT2D eigenvalue weighted by atomic mass is 19.4. The van der Waals surface area contributed by atoms with E-state index >= 15 is 0 Å². The number of carbonyl (C=O) groups is 2. The van der Waals surface area contributed by atoms with Gasteiger partial charge in [0.2, 0.25) is 0 Å². The summed E-state index contributed by atoms with van der Waals surface area (Å²) in [4.78, 5) is 25.6. The van der Waals surface area contributed by atoms with Crippen LogP contribution in [-0.2, 0) is 11.0 Å². The number of carboxylic acids is 1. The summed E-state index contributed by atoms with van der Waals surface area (Å²) in [5.41, 5.74) is 2.23. The van der Waals surface area contributed by atoms with Crippen LogP contribution in [0.1, 0.15) is 21.5 Å². The van der Waals surface area contributed by atoms with Crippen LogP contribution in [0.4, 0.5) is 34.6 Å². The molecule has 7 nitrogen and oxygen atoms in total. The Bertz CT molecular complexity index is 1670. The van der Waals surface area contributed by atoms with Crippen molar-refractivity contribution in [2.75, 3.05) is 10.3 Å². The first-order valence-electron chi connectivity index (χ1n) is 11.4. The minimum atomic E-state index is -4.76. The highest BCUT2D eigenvalue weighted by Crippen LogP contribution is 2.40. The first-order valence-corrected chi connectivity index (χ1v) is 11.4. The van der Waals surface area contributed by atoms with Crippen molar-refractivity contribution in [1.29, 1.82) is 0 Å². The second kappa shape index (κ2) is 9.60. The van der Waals surface area contributed by atoms with E-state index in [9.17, 15) is 37.4 Å². The maximum atomic E-state index is 14.8. The maximum Gasteiger partial charge on any atom is 0.416 e. The fourth-order valence-corrected chi connectivity index (χ4v) is 4.21. The minimum absolute atomic E-state index is 0.0225. The van der Waals surface area contributed by atoms with E-state index in [0.717, 1.165) is 11.0 Å². The molecular weight excluding hydrogens is 518 g/mol. The summed E-state index contributed by atoms with van der Waals surface area (Å²) in [6.07, 6.45) is -4.76. The second-order valence-corrected chi connectivity index (χ2v) is 8.48. The average molecular weight is 535 g/mol. The van der Waals surface area contributed by atoms with Gasteiger partial charge in [0.25, 0.3) is 5.91 Å². The Morgan fingerprint density at radius 2 is 1.59 bits per heavy atom. The van der Waals surface area contributed by atoms with Gasteiger partial charge in [-0.25, -0.2) is 9.18 Å². The van der Waals surface area contributed by atoms with Crippen molar-refractivity contribution in [1.82, 2.24) is 0 Å². The van der Waals surface area contributed by atoms with E-state index in [1.807, 2.05) is 0 Å². The van der Waals surface area contributed by atoms with E-state index in [-0.39, 0.29) is 34.1 Å². The third-order valence-corrected chi connectivity index (χ3v) is 6.07. The third kappa shape index (κ3) is 4.65. The number of amides is 1. The molecule has 0 bridgehead atoms. The van der Waals surface area contributed by atoms with Gasteiger partial charge < -0.3 is 10.2 Å². The Hall–Kier alpha value is -5.19. The van der Waals surface area contributed by atoms with E-state index < -0.39 is 29.4 Å². The first-order chi connectivity index (χ1) is 18.6. The van der Waals surface area contributed by atoms with Gasteiger partial charge in [-0.3, -0.25) is 15.1 Å². The Morgan fingerprint density at radius 3 is 2.31 bits per heavy atom. The zero-order chi connectivity index (χ0) is 27.9. The minimum Gasteiger partial charge on any atom is -0.505 e. The van der Waals surface area contributed by atoms with Crippen molar-refractivity contribution in [3.63, 3.8) is 0 Å². The zero-order valence-corrected chi connectivity index (χ0v) is 19.7. The fourth-order valence-electron chi connectivity index (χ4n) is 4.21. The molecule has 0 atom stereocenters. The Balaban J connectivity index is 1.50. The van der Waals surface area contributed by atoms with Gasteiger partial charge in [-0.15, -0.1) is 0 Å². The number of aromatic carboxylic acids is 1. The average Bonchev–Trinajstić information content (AvgIpc) is 3.18. The molecule has 0 saturated heterocycles. The molecule has 4 aromatic rings. The van der Waals surface area contributed by atoms with Gasteiger partial charge in [0, 0.05) is 11.1 Å². The number of para-hydroxylation sites is 2. The number of anilines is 3. The highest BCUT2D eigenvalue weighted by molar-refractivity contribution is 6.55. The highest BCUT2D eigenvalue weighted by Gasteiger charge is 2.38. The summed E-state index contributed by atoms with van der Waals surface area (Å²) < 4.78 is 53.9. The topological polar surface area (TPSA) is 102 Å². The molecule has 1 aliphatic rings. The molecule has 0 aromatic heterocycles. The molecule has 1 amide bonds. The molecule has 0 spiro atoms. The van der Waals surface area contributed by atoms with Crippen molar-refractivity contribution < 1.29 is 37.4 Å². The number of hydrogen-bond acceptors (Lipinski definition) is 5. The molecular formula is C28H17F4N3O4. The maximum absolute atomic E-state index is 14.8. The predicted octanol–water partition coefficient (Wildman–Crippen LogP) is 6.41. The molecule has 0 unspecified atom stereocenters. The summed E-state index contributed by atoms with van der Waals surface area (Å²) in [5, 5.41) is 24.2. The number of phenolic OH excluding ortho intramolecular Hbond substituents is 1. The number of alkyl halides is 3. The number of nitrogens with one attached hydrogen (secondary N) is 1. The van der Waals surface area contributed by atoms with Crippen molar-refractivity contribution in [2.45, 2.75) is 6.18 Å².